The maximum atomic E-state index is 12.9. The third kappa shape index (κ3) is 4.27. The molecule has 6 aliphatic rings. The van der Waals surface area contributed by atoms with E-state index in [4.69, 9.17) is 20.3 Å². The zero-order valence-electron chi connectivity index (χ0n) is 27.9. The maximum Gasteiger partial charge on any atom is 0.323 e. The third-order valence-corrected chi connectivity index (χ3v) is 15.0. The lowest BCUT2D eigenvalue weighted by Crippen LogP contribution is -2.62. The standard InChI is InChI=1S/C35H57NO8/c1-29(2)23(43-28(41)19(36)8-9-25(39)40)11-13-35-18-34(35)15-14-31(5)27(33(7)12-10-24(44-33)30(3,4)42)21(38)17-32(31,6)22(34)16-20(37)26(29)35/h19-24,26-27,37-38,42H,8-18,36H2,1-7H3,(H,39,40)/t19?,20-,21-,22?,23?,24-,26-,27-,31+,32-,33+,34?,35+/m0/s1. The van der Waals surface area contributed by atoms with Crippen LogP contribution in [0.1, 0.15) is 119 Å². The molecule has 13 atom stereocenters. The molecule has 2 spiro atoms. The molecule has 6 N–H and O–H groups in total. The van der Waals surface area contributed by atoms with Crippen LogP contribution in [0.3, 0.4) is 0 Å². The molecule has 9 heteroatoms. The lowest BCUT2D eigenvalue weighted by atomic mass is 9.41. The van der Waals surface area contributed by atoms with Crippen molar-refractivity contribution in [2.24, 2.45) is 50.6 Å². The molecule has 1 aliphatic heterocycles. The van der Waals surface area contributed by atoms with E-state index < -0.39 is 52.9 Å². The molecule has 1 heterocycles. The molecule has 9 nitrogen and oxygen atoms in total. The summed E-state index contributed by atoms with van der Waals surface area (Å²) in [5, 5.41) is 43.7. The highest BCUT2D eigenvalue weighted by molar-refractivity contribution is 5.77. The van der Waals surface area contributed by atoms with Crippen molar-refractivity contribution in [2.45, 2.75) is 161 Å². The number of ether oxygens (including phenoxy) is 2. The lowest BCUT2D eigenvalue weighted by Gasteiger charge is -2.64. The molecule has 5 aliphatic carbocycles. The Morgan fingerprint density at radius 1 is 0.955 bits per heavy atom. The molecule has 0 aromatic carbocycles. The van der Waals surface area contributed by atoms with Gasteiger partial charge in [-0.05, 0) is 118 Å². The number of hydrogen-bond acceptors (Lipinski definition) is 8. The molecule has 4 unspecified atom stereocenters. The van der Waals surface area contributed by atoms with Crippen LogP contribution in [0, 0.1) is 44.8 Å². The minimum Gasteiger partial charge on any atom is -0.481 e. The first kappa shape index (κ1) is 32.7. The first-order valence-corrected chi connectivity index (χ1v) is 17.1. The number of nitrogens with two attached hydrogens (primary N) is 1. The number of esters is 1. The van der Waals surface area contributed by atoms with Gasteiger partial charge in [0.15, 0.2) is 0 Å². The summed E-state index contributed by atoms with van der Waals surface area (Å²) in [7, 11) is 0. The molecule has 5 saturated carbocycles. The Labute approximate surface area is 262 Å². The summed E-state index contributed by atoms with van der Waals surface area (Å²) in [5.41, 5.74) is 3.80. The van der Waals surface area contributed by atoms with Gasteiger partial charge in [-0.2, -0.15) is 0 Å². The van der Waals surface area contributed by atoms with Crippen molar-refractivity contribution in [3.8, 4) is 0 Å². The van der Waals surface area contributed by atoms with Crippen molar-refractivity contribution in [1.29, 1.82) is 0 Å². The van der Waals surface area contributed by atoms with Crippen molar-refractivity contribution < 1.29 is 39.5 Å². The Morgan fingerprint density at radius 2 is 1.64 bits per heavy atom. The summed E-state index contributed by atoms with van der Waals surface area (Å²) < 4.78 is 12.7. The number of hydrogen-bond donors (Lipinski definition) is 5. The molecule has 0 aromatic rings. The van der Waals surface area contributed by atoms with Crippen LogP contribution in [-0.4, -0.2) is 74.0 Å². The monoisotopic (exact) mass is 619 g/mol. The smallest absolute Gasteiger partial charge is 0.323 e. The first-order chi connectivity index (χ1) is 20.2. The second kappa shape index (κ2) is 9.88. The van der Waals surface area contributed by atoms with Gasteiger partial charge in [0.25, 0.3) is 0 Å². The third-order valence-electron chi connectivity index (χ3n) is 15.0. The Morgan fingerprint density at radius 3 is 2.25 bits per heavy atom. The molecule has 6 rings (SSSR count). The number of carbonyl (C=O) groups is 2. The van der Waals surface area contributed by atoms with Gasteiger partial charge in [-0.3, -0.25) is 9.59 Å². The van der Waals surface area contributed by atoms with Gasteiger partial charge in [0, 0.05) is 17.8 Å². The van der Waals surface area contributed by atoms with E-state index >= 15 is 0 Å². The van der Waals surface area contributed by atoms with Crippen molar-refractivity contribution in [2.75, 3.05) is 0 Å². The number of aliphatic hydroxyl groups excluding tert-OH is 2. The number of aliphatic hydroxyl groups is 3. The Bertz CT molecular complexity index is 1200. The summed E-state index contributed by atoms with van der Waals surface area (Å²) in [6.07, 6.45) is 5.79. The summed E-state index contributed by atoms with van der Waals surface area (Å²) >= 11 is 0. The predicted octanol–water partition coefficient (Wildman–Crippen LogP) is 4.18. The van der Waals surface area contributed by atoms with Gasteiger partial charge in [-0.25, -0.2) is 0 Å². The number of carbonyl (C=O) groups excluding carboxylic acids is 1. The van der Waals surface area contributed by atoms with Crippen molar-refractivity contribution in [3.63, 3.8) is 0 Å². The highest BCUT2D eigenvalue weighted by Crippen LogP contribution is 2.89. The molecule has 44 heavy (non-hydrogen) atoms. The van der Waals surface area contributed by atoms with Gasteiger partial charge in [0.1, 0.15) is 12.1 Å². The summed E-state index contributed by atoms with van der Waals surface area (Å²) in [6.45, 7) is 14.8. The van der Waals surface area contributed by atoms with Crippen LogP contribution in [-0.2, 0) is 19.1 Å². The average molecular weight is 620 g/mol. The molecule has 0 bridgehead atoms. The molecule has 6 fully saturated rings. The van der Waals surface area contributed by atoms with E-state index in [1.54, 1.807) is 0 Å². The number of carboxylic acid groups (broad SMARTS) is 1. The van der Waals surface area contributed by atoms with Gasteiger partial charge < -0.3 is 35.6 Å². The van der Waals surface area contributed by atoms with E-state index in [9.17, 15) is 24.9 Å². The largest absolute Gasteiger partial charge is 0.481 e. The minimum absolute atomic E-state index is 0.0219. The van der Waals surface area contributed by atoms with Gasteiger partial charge in [-0.15, -0.1) is 0 Å². The second-order valence-corrected chi connectivity index (χ2v) is 17.8. The zero-order chi connectivity index (χ0) is 32.5. The van der Waals surface area contributed by atoms with E-state index in [1.807, 2.05) is 13.8 Å². The van der Waals surface area contributed by atoms with E-state index in [1.165, 1.54) is 0 Å². The van der Waals surface area contributed by atoms with E-state index in [2.05, 4.69) is 34.6 Å². The Balaban J connectivity index is 1.25. The fourth-order valence-electron chi connectivity index (χ4n) is 13.0. The molecule has 1 saturated heterocycles. The molecule has 250 valence electrons. The number of aliphatic carboxylic acids is 1. The van der Waals surface area contributed by atoms with E-state index in [0.717, 1.165) is 38.5 Å². The fourth-order valence-corrected chi connectivity index (χ4v) is 13.0. The van der Waals surface area contributed by atoms with Crippen LogP contribution in [0.2, 0.25) is 0 Å². The summed E-state index contributed by atoms with van der Waals surface area (Å²) in [5.74, 6) is -1.35. The van der Waals surface area contributed by atoms with Crippen LogP contribution >= 0.6 is 0 Å². The normalized spacial score (nSPS) is 51.4. The number of fused-ring (bicyclic) bond motifs is 2. The quantitative estimate of drug-likeness (QED) is 0.264. The van der Waals surface area contributed by atoms with Crippen molar-refractivity contribution >= 4 is 11.9 Å². The van der Waals surface area contributed by atoms with Gasteiger partial charge >= 0.3 is 11.9 Å². The van der Waals surface area contributed by atoms with Crippen LogP contribution in [0.15, 0.2) is 0 Å². The molecular weight excluding hydrogens is 562 g/mol. The van der Waals surface area contributed by atoms with Gasteiger partial charge in [0.05, 0.1) is 29.5 Å². The predicted molar refractivity (Wildman–Crippen MR) is 163 cm³/mol. The van der Waals surface area contributed by atoms with Crippen LogP contribution in [0.4, 0.5) is 0 Å². The van der Waals surface area contributed by atoms with Crippen molar-refractivity contribution in [1.82, 2.24) is 0 Å². The Hall–Kier alpha value is -1.26. The van der Waals surface area contributed by atoms with Crippen LogP contribution < -0.4 is 5.73 Å². The second-order valence-electron chi connectivity index (χ2n) is 17.8. The van der Waals surface area contributed by atoms with Gasteiger partial charge in [0.2, 0.25) is 0 Å². The Kier molecular flexibility index (Phi) is 7.34. The van der Waals surface area contributed by atoms with E-state index in [-0.39, 0.29) is 58.4 Å². The van der Waals surface area contributed by atoms with Crippen LogP contribution in [0.25, 0.3) is 0 Å². The fraction of sp³-hybridized carbons (Fsp3) is 0.943. The zero-order valence-corrected chi connectivity index (χ0v) is 27.9. The highest BCUT2D eigenvalue weighted by atomic mass is 16.5. The topological polar surface area (TPSA) is 160 Å². The maximum absolute atomic E-state index is 12.9. The van der Waals surface area contributed by atoms with Crippen molar-refractivity contribution in [3.05, 3.63) is 0 Å². The molecular formula is C35H57NO8. The molecule has 0 aromatic heterocycles. The average Bonchev–Trinajstić information content (AvgIpc) is 3.25. The SMILES string of the molecule is CC(C)(O)[C@@H]1CC[C@](C)([C@H]2[C@@H](O)C[C@@]3(C)C4C[C@H](O)[C@H]5C(C)(C)C(OC(=O)C(N)CCC(=O)O)CC[C@@]56CC46CC[C@]23C)O1. The lowest BCUT2D eigenvalue weighted by molar-refractivity contribution is -0.218. The minimum atomic E-state index is -0.992. The first-order valence-electron chi connectivity index (χ1n) is 17.1. The summed E-state index contributed by atoms with van der Waals surface area (Å²) in [6, 6.07) is -0.979. The highest BCUT2D eigenvalue weighted by Gasteiger charge is 2.85. The van der Waals surface area contributed by atoms with E-state index in [0.29, 0.717) is 19.3 Å². The molecule has 0 radical (unpaired) electrons. The molecule has 0 amide bonds. The summed E-state index contributed by atoms with van der Waals surface area (Å²) in [4.78, 5) is 23.9. The number of carboxylic acids is 1. The van der Waals surface area contributed by atoms with Gasteiger partial charge in [-0.1, -0.05) is 27.7 Å². The van der Waals surface area contributed by atoms with Crippen LogP contribution in [0.5, 0.6) is 0 Å². The number of rotatable bonds is 7.